The Morgan fingerprint density at radius 3 is 2.71 bits per heavy atom. The molecule has 0 aliphatic rings. The molecule has 0 unspecified atom stereocenters. The number of thiocarbonyl (C=S) groups is 1. The van der Waals surface area contributed by atoms with Crippen molar-refractivity contribution in [2.45, 2.75) is 6.61 Å². The van der Waals surface area contributed by atoms with Crippen LogP contribution in [0.5, 0.6) is 5.75 Å². The third kappa shape index (κ3) is 5.24. The summed E-state index contributed by atoms with van der Waals surface area (Å²) in [7, 11) is 1.71. The number of benzene rings is 2. The quantitative estimate of drug-likeness (QED) is 0.331. The van der Waals surface area contributed by atoms with Gasteiger partial charge in [-0.15, -0.1) is 0 Å². The van der Waals surface area contributed by atoms with Crippen LogP contribution in [0.25, 0.3) is 0 Å². The van der Waals surface area contributed by atoms with Gasteiger partial charge in [0.2, 0.25) is 0 Å². The summed E-state index contributed by atoms with van der Waals surface area (Å²) in [5, 5.41) is 8.55. The summed E-state index contributed by atoms with van der Waals surface area (Å²) in [6, 6.07) is 10.7. The average molecular weight is 403 g/mol. The molecule has 4 nitrogen and oxygen atoms in total. The maximum Gasteiger partial charge on any atom is 0.186 e. The molecule has 24 heavy (non-hydrogen) atoms. The molecule has 0 saturated carbocycles. The van der Waals surface area contributed by atoms with Gasteiger partial charge in [0.1, 0.15) is 12.4 Å². The summed E-state index contributed by atoms with van der Waals surface area (Å²) in [6.45, 7) is 0.209. The molecule has 2 N–H and O–H groups in total. The second-order valence-electron chi connectivity index (χ2n) is 4.63. The lowest BCUT2D eigenvalue weighted by Crippen LogP contribution is -2.28. The molecule has 2 rings (SSSR count). The van der Waals surface area contributed by atoms with Gasteiger partial charge < -0.3 is 10.1 Å². The number of hydrazone groups is 1. The molecule has 126 valence electrons. The number of nitrogens with one attached hydrogen (secondary N) is 2. The lowest BCUT2D eigenvalue weighted by Gasteiger charge is -2.11. The number of ether oxygens (including phenoxy) is 1. The van der Waals surface area contributed by atoms with Crippen LogP contribution in [-0.2, 0) is 6.61 Å². The molecule has 0 radical (unpaired) electrons. The van der Waals surface area contributed by atoms with Gasteiger partial charge in [0.15, 0.2) is 5.11 Å². The molecule has 0 spiro atoms. The zero-order chi connectivity index (χ0) is 17.5. The summed E-state index contributed by atoms with van der Waals surface area (Å²) >= 11 is 23.2. The first-order valence-electron chi connectivity index (χ1n) is 6.87. The van der Waals surface area contributed by atoms with E-state index in [1.807, 2.05) is 24.3 Å². The minimum absolute atomic E-state index is 0.209. The fraction of sp³-hybridized carbons (Fsp3) is 0.125. The van der Waals surface area contributed by atoms with Crippen molar-refractivity contribution >= 4 is 58.3 Å². The van der Waals surface area contributed by atoms with Crippen molar-refractivity contribution < 1.29 is 4.74 Å². The fourth-order valence-electron chi connectivity index (χ4n) is 1.76. The monoisotopic (exact) mass is 401 g/mol. The second kappa shape index (κ2) is 9.08. The molecule has 2 aromatic carbocycles. The van der Waals surface area contributed by atoms with E-state index >= 15 is 0 Å². The summed E-state index contributed by atoms with van der Waals surface area (Å²) in [6.07, 6.45) is 1.63. The number of halogens is 3. The predicted octanol–water partition coefficient (Wildman–Crippen LogP) is 4.65. The molecule has 0 amide bonds. The molecule has 8 heteroatoms. The van der Waals surface area contributed by atoms with E-state index in [-0.39, 0.29) is 6.61 Å². The third-order valence-corrected chi connectivity index (χ3v) is 4.48. The highest BCUT2D eigenvalue weighted by Crippen LogP contribution is 2.32. The van der Waals surface area contributed by atoms with Crippen molar-refractivity contribution in [1.82, 2.24) is 10.7 Å². The molecular formula is C16H14Cl3N3OS. The smallest absolute Gasteiger partial charge is 0.186 e. The minimum Gasteiger partial charge on any atom is -0.489 e. The zero-order valence-electron chi connectivity index (χ0n) is 12.6. The number of nitrogens with zero attached hydrogens (tertiary/aromatic N) is 1. The van der Waals surface area contributed by atoms with Crippen LogP contribution in [0.15, 0.2) is 41.5 Å². The molecule has 0 aliphatic heterocycles. The van der Waals surface area contributed by atoms with Crippen molar-refractivity contribution in [3.8, 4) is 5.75 Å². The van der Waals surface area contributed by atoms with E-state index in [9.17, 15) is 0 Å². The van der Waals surface area contributed by atoms with E-state index in [0.717, 1.165) is 5.56 Å². The third-order valence-electron chi connectivity index (χ3n) is 2.99. The van der Waals surface area contributed by atoms with Crippen LogP contribution >= 0.6 is 47.0 Å². The van der Waals surface area contributed by atoms with Gasteiger partial charge in [-0.05, 0) is 42.0 Å². The van der Waals surface area contributed by atoms with Gasteiger partial charge in [-0.3, -0.25) is 5.43 Å². The zero-order valence-corrected chi connectivity index (χ0v) is 15.7. The van der Waals surface area contributed by atoms with Crippen LogP contribution < -0.4 is 15.5 Å². The Labute approximate surface area is 160 Å². The van der Waals surface area contributed by atoms with E-state index < -0.39 is 0 Å². The summed E-state index contributed by atoms with van der Waals surface area (Å²) < 4.78 is 5.75. The first kappa shape index (κ1) is 18.8. The Morgan fingerprint density at radius 1 is 1.21 bits per heavy atom. The summed E-state index contributed by atoms with van der Waals surface area (Å²) in [5.74, 6) is 0.655. The van der Waals surface area contributed by atoms with Crippen molar-refractivity contribution in [3.05, 3.63) is 62.6 Å². The molecule has 0 aliphatic carbocycles. The summed E-state index contributed by atoms with van der Waals surface area (Å²) in [4.78, 5) is 0. The van der Waals surface area contributed by atoms with Gasteiger partial charge >= 0.3 is 0 Å². The van der Waals surface area contributed by atoms with E-state index in [1.165, 1.54) is 0 Å². The van der Waals surface area contributed by atoms with Crippen LogP contribution in [-0.4, -0.2) is 18.4 Å². The van der Waals surface area contributed by atoms with Crippen LogP contribution in [0.4, 0.5) is 0 Å². The average Bonchev–Trinajstić information content (AvgIpc) is 2.58. The molecule has 0 atom stereocenters. The van der Waals surface area contributed by atoms with Crippen LogP contribution in [0.3, 0.4) is 0 Å². The van der Waals surface area contributed by atoms with E-state index in [4.69, 9.17) is 51.8 Å². The standard InChI is InChI=1S/C16H14Cl3N3OS/c1-20-16(24)22-21-8-10-3-2-4-11(7-10)23-9-12-13(17)5-6-14(18)15(12)19/h2-8H,9H2,1H3,(H2,20,22,24). The Morgan fingerprint density at radius 2 is 1.96 bits per heavy atom. The maximum absolute atomic E-state index is 6.16. The largest absolute Gasteiger partial charge is 0.489 e. The van der Waals surface area contributed by atoms with E-state index in [0.29, 0.717) is 31.5 Å². The highest BCUT2D eigenvalue weighted by atomic mass is 35.5. The normalized spacial score (nSPS) is 10.7. The molecular weight excluding hydrogens is 389 g/mol. The highest BCUT2D eigenvalue weighted by Gasteiger charge is 2.10. The van der Waals surface area contributed by atoms with E-state index in [1.54, 1.807) is 25.4 Å². The second-order valence-corrected chi connectivity index (χ2v) is 6.23. The number of rotatable bonds is 5. The van der Waals surface area contributed by atoms with Crippen LogP contribution in [0.1, 0.15) is 11.1 Å². The Kier molecular flexibility index (Phi) is 7.12. The Hall–Kier alpha value is -1.53. The lowest BCUT2D eigenvalue weighted by molar-refractivity contribution is 0.306. The molecule has 0 fully saturated rings. The first-order chi connectivity index (χ1) is 11.5. The molecule has 0 aromatic heterocycles. The number of hydrogen-bond donors (Lipinski definition) is 2. The molecule has 0 heterocycles. The van der Waals surface area contributed by atoms with Crippen molar-refractivity contribution in [3.63, 3.8) is 0 Å². The van der Waals surface area contributed by atoms with Gasteiger partial charge in [0.25, 0.3) is 0 Å². The topological polar surface area (TPSA) is 45.7 Å². The lowest BCUT2D eigenvalue weighted by atomic mass is 10.2. The first-order valence-corrected chi connectivity index (χ1v) is 8.41. The van der Waals surface area contributed by atoms with Gasteiger partial charge in [0, 0.05) is 17.6 Å². The van der Waals surface area contributed by atoms with Gasteiger partial charge in [-0.25, -0.2) is 0 Å². The van der Waals surface area contributed by atoms with Crippen LogP contribution in [0.2, 0.25) is 15.1 Å². The van der Waals surface area contributed by atoms with Crippen molar-refractivity contribution in [2.75, 3.05) is 7.05 Å². The van der Waals surface area contributed by atoms with Gasteiger partial charge in [-0.2, -0.15) is 5.10 Å². The van der Waals surface area contributed by atoms with Crippen LogP contribution in [0, 0.1) is 0 Å². The Balaban J connectivity index is 2.05. The summed E-state index contributed by atoms with van der Waals surface area (Å²) in [5.41, 5.74) is 4.17. The maximum atomic E-state index is 6.16. The van der Waals surface area contributed by atoms with Gasteiger partial charge in [0.05, 0.1) is 16.3 Å². The predicted molar refractivity (Wildman–Crippen MR) is 105 cm³/mol. The van der Waals surface area contributed by atoms with Crippen molar-refractivity contribution in [2.24, 2.45) is 5.10 Å². The molecule has 0 saturated heterocycles. The minimum atomic E-state index is 0.209. The van der Waals surface area contributed by atoms with E-state index in [2.05, 4.69) is 15.8 Å². The van der Waals surface area contributed by atoms with Gasteiger partial charge in [-0.1, -0.05) is 46.9 Å². The highest BCUT2D eigenvalue weighted by molar-refractivity contribution is 7.80. The Bertz CT molecular complexity index is 768. The fourth-order valence-corrected chi connectivity index (χ4v) is 2.47. The SMILES string of the molecule is CNC(=S)NN=Cc1cccc(OCc2c(Cl)ccc(Cl)c2Cl)c1. The molecule has 2 aromatic rings. The van der Waals surface area contributed by atoms with Crippen molar-refractivity contribution in [1.29, 1.82) is 0 Å². The molecule has 0 bridgehead atoms. The number of hydrogen-bond acceptors (Lipinski definition) is 3.